The Hall–Kier alpha value is -1.25. The highest BCUT2D eigenvalue weighted by Gasteiger charge is 2.12. The van der Waals surface area contributed by atoms with Gasteiger partial charge in [-0.3, -0.25) is 0 Å². The van der Waals surface area contributed by atoms with Gasteiger partial charge >= 0.3 is 0 Å². The second-order valence-electron chi connectivity index (χ2n) is 4.57. The van der Waals surface area contributed by atoms with Crippen LogP contribution in [0.3, 0.4) is 0 Å². The molecule has 0 bridgehead atoms. The first kappa shape index (κ1) is 15.8. The lowest BCUT2D eigenvalue weighted by atomic mass is 9.87. The number of allylic oxidation sites excluding steroid dienone is 2. The van der Waals surface area contributed by atoms with Crippen LogP contribution >= 0.6 is 0 Å². The van der Waals surface area contributed by atoms with Crippen LogP contribution in [0.4, 0.5) is 4.39 Å². The largest absolute Gasteiger partial charge is 0.386 e. The van der Waals surface area contributed by atoms with Gasteiger partial charge in [0.2, 0.25) is 0 Å². The van der Waals surface area contributed by atoms with Crippen molar-refractivity contribution in [2.75, 3.05) is 6.54 Å². The highest BCUT2D eigenvalue weighted by Crippen LogP contribution is 2.22. The number of hydrogen-bond donors (Lipinski definition) is 2. The predicted octanol–water partition coefficient (Wildman–Crippen LogP) is 3.14. The van der Waals surface area contributed by atoms with Crippen molar-refractivity contribution in [1.29, 1.82) is 0 Å². The van der Waals surface area contributed by atoms with Crippen molar-refractivity contribution >= 4 is 0 Å². The summed E-state index contributed by atoms with van der Waals surface area (Å²) in [4.78, 5) is 0. The zero-order chi connectivity index (χ0) is 13.4. The summed E-state index contributed by atoms with van der Waals surface area (Å²) in [5, 5.41) is 2.96. The SMILES string of the molecule is C=C(N)NCCC(=C)C(C)[C@@H](C)/C=C\C(C)F. The average molecular weight is 240 g/mol. The molecule has 0 aliphatic rings. The maximum Gasteiger partial charge on any atom is 0.115 e. The minimum Gasteiger partial charge on any atom is -0.386 e. The monoisotopic (exact) mass is 240 g/mol. The van der Waals surface area contributed by atoms with E-state index in [0.717, 1.165) is 18.5 Å². The third kappa shape index (κ3) is 7.61. The van der Waals surface area contributed by atoms with Gasteiger partial charge < -0.3 is 11.1 Å². The van der Waals surface area contributed by atoms with Gasteiger partial charge in [-0.2, -0.15) is 0 Å². The topological polar surface area (TPSA) is 38.0 Å². The molecule has 0 amide bonds. The Kier molecular flexibility index (Phi) is 7.35. The van der Waals surface area contributed by atoms with Crippen molar-refractivity contribution in [3.8, 4) is 0 Å². The Labute approximate surface area is 104 Å². The van der Waals surface area contributed by atoms with Gasteiger partial charge in [0, 0.05) is 6.54 Å². The van der Waals surface area contributed by atoms with E-state index < -0.39 is 6.17 Å². The third-order valence-corrected chi connectivity index (χ3v) is 2.91. The molecule has 0 saturated heterocycles. The molecule has 3 N–H and O–H groups in total. The molecule has 0 aromatic carbocycles. The van der Waals surface area contributed by atoms with Gasteiger partial charge in [0.05, 0.1) is 5.82 Å². The van der Waals surface area contributed by atoms with Crippen LogP contribution in [0.5, 0.6) is 0 Å². The predicted molar refractivity (Wildman–Crippen MR) is 73.1 cm³/mol. The van der Waals surface area contributed by atoms with Crippen LogP contribution in [0.2, 0.25) is 0 Å². The van der Waals surface area contributed by atoms with E-state index in [9.17, 15) is 4.39 Å². The van der Waals surface area contributed by atoms with Crippen molar-refractivity contribution in [3.63, 3.8) is 0 Å². The number of nitrogens with one attached hydrogen (secondary N) is 1. The summed E-state index contributed by atoms with van der Waals surface area (Å²) < 4.78 is 12.7. The molecule has 17 heavy (non-hydrogen) atoms. The number of alkyl halides is 1. The smallest absolute Gasteiger partial charge is 0.115 e. The first-order valence-corrected chi connectivity index (χ1v) is 6.03. The summed E-state index contributed by atoms with van der Waals surface area (Å²) in [5.74, 6) is 1.10. The Balaban J connectivity index is 4.07. The molecule has 0 aliphatic carbocycles. The van der Waals surface area contributed by atoms with Gasteiger partial charge in [-0.25, -0.2) is 4.39 Å². The Morgan fingerprint density at radius 1 is 1.29 bits per heavy atom. The van der Waals surface area contributed by atoms with Crippen molar-refractivity contribution in [1.82, 2.24) is 5.32 Å². The molecule has 0 aliphatic heterocycles. The van der Waals surface area contributed by atoms with E-state index in [1.807, 2.05) is 6.08 Å². The van der Waals surface area contributed by atoms with Crippen LogP contribution in [-0.4, -0.2) is 12.7 Å². The van der Waals surface area contributed by atoms with Crippen LogP contribution in [0.25, 0.3) is 0 Å². The fourth-order valence-electron chi connectivity index (χ4n) is 1.48. The molecule has 0 radical (unpaired) electrons. The second-order valence-corrected chi connectivity index (χ2v) is 4.57. The quantitative estimate of drug-likeness (QED) is 0.640. The van der Waals surface area contributed by atoms with Crippen LogP contribution in [0.1, 0.15) is 27.2 Å². The first-order chi connectivity index (χ1) is 7.84. The van der Waals surface area contributed by atoms with Crippen molar-refractivity contribution in [2.45, 2.75) is 33.4 Å². The summed E-state index contributed by atoms with van der Waals surface area (Å²) >= 11 is 0. The molecule has 2 unspecified atom stereocenters. The minimum absolute atomic E-state index is 0.293. The molecule has 0 heterocycles. The van der Waals surface area contributed by atoms with E-state index in [1.54, 1.807) is 6.08 Å². The van der Waals surface area contributed by atoms with E-state index in [2.05, 4.69) is 32.3 Å². The Morgan fingerprint density at radius 3 is 2.35 bits per heavy atom. The molecular weight excluding hydrogens is 215 g/mol. The summed E-state index contributed by atoms with van der Waals surface area (Å²) in [5.41, 5.74) is 6.55. The van der Waals surface area contributed by atoms with Crippen molar-refractivity contribution < 1.29 is 4.39 Å². The lowest BCUT2D eigenvalue weighted by Crippen LogP contribution is -2.21. The van der Waals surface area contributed by atoms with E-state index in [4.69, 9.17) is 5.73 Å². The highest BCUT2D eigenvalue weighted by atomic mass is 19.1. The number of hydrogen-bond acceptors (Lipinski definition) is 2. The van der Waals surface area contributed by atoms with E-state index in [0.29, 0.717) is 17.7 Å². The van der Waals surface area contributed by atoms with Crippen LogP contribution < -0.4 is 11.1 Å². The molecule has 98 valence electrons. The summed E-state index contributed by atoms with van der Waals surface area (Å²) in [6.07, 6.45) is 3.46. The Morgan fingerprint density at radius 2 is 1.88 bits per heavy atom. The van der Waals surface area contributed by atoms with Gasteiger partial charge in [-0.1, -0.05) is 44.7 Å². The normalized spacial score (nSPS) is 16.5. The zero-order valence-electron chi connectivity index (χ0n) is 11.2. The van der Waals surface area contributed by atoms with Crippen molar-refractivity contribution in [3.05, 3.63) is 36.7 Å². The van der Waals surface area contributed by atoms with Gasteiger partial charge in [-0.15, -0.1) is 0 Å². The second kappa shape index (κ2) is 7.93. The molecule has 0 aromatic heterocycles. The molecule has 3 atom stereocenters. The van der Waals surface area contributed by atoms with E-state index in [-0.39, 0.29) is 0 Å². The van der Waals surface area contributed by atoms with Gasteiger partial charge in [0.1, 0.15) is 6.17 Å². The number of rotatable bonds is 8. The minimum atomic E-state index is -0.889. The van der Waals surface area contributed by atoms with Crippen LogP contribution in [0.15, 0.2) is 36.7 Å². The maximum atomic E-state index is 12.7. The summed E-state index contributed by atoms with van der Waals surface area (Å²) in [7, 11) is 0. The van der Waals surface area contributed by atoms with Gasteiger partial charge in [-0.05, 0) is 25.2 Å². The zero-order valence-corrected chi connectivity index (χ0v) is 11.2. The van der Waals surface area contributed by atoms with Gasteiger partial charge in [0.15, 0.2) is 0 Å². The number of halogens is 1. The molecule has 3 heteroatoms. The highest BCUT2D eigenvalue weighted by molar-refractivity contribution is 5.06. The first-order valence-electron chi connectivity index (χ1n) is 6.03. The molecule has 0 rings (SSSR count). The number of nitrogens with two attached hydrogens (primary N) is 1. The van der Waals surface area contributed by atoms with E-state index in [1.165, 1.54) is 6.92 Å². The molecule has 0 fully saturated rings. The summed E-state index contributed by atoms with van der Waals surface area (Å²) in [6, 6.07) is 0. The molecular formula is C14H25FN2. The maximum absolute atomic E-state index is 12.7. The molecule has 0 saturated carbocycles. The van der Waals surface area contributed by atoms with Gasteiger partial charge in [0.25, 0.3) is 0 Å². The average Bonchev–Trinajstić information content (AvgIpc) is 2.24. The van der Waals surface area contributed by atoms with Crippen LogP contribution in [0, 0.1) is 11.8 Å². The standard InChI is InChI=1S/C14H25FN2/c1-10(6-7-12(3)15)13(4)11(2)8-9-17-14(5)16/h6-7,10,12-13,17H,2,5,8-9,16H2,1,3-4H3/b7-6-/t10-,12?,13?/m0/s1. The molecule has 2 nitrogen and oxygen atoms in total. The fraction of sp³-hybridized carbons (Fsp3) is 0.571. The fourth-order valence-corrected chi connectivity index (χ4v) is 1.48. The van der Waals surface area contributed by atoms with Crippen molar-refractivity contribution in [2.24, 2.45) is 17.6 Å². The lowest BCUT2D eigenvalue weighted by Gasteiger charge is -2.20. The summed E-state index contributed by atoms with van der Waals surface area (Å²) in [6.45, 7) is 14.1. The van der Waals surface area contributed by atoms with E-state index >= 15 is 0 Å². The molecule has 0 spiro atoms. The lowest BCUT2D eigenvalue weighted by molar-refractivity contribution is 0.424. The Bertz CT molecular complexity index is 282. The molecule has 0 aromatic rings. The third-order valence-electron chi connectivity index (χ3n) is 2.91. The van der Waals surface area contributed by atoms with Crippen LogP contribution in [-0.2, 0) is 0 Å².